The second-order valence-corrected chi connectivity index (χ2v) is 7.07. The number of carbonyl (C=O) groups excluding carboxylic acids is 2. The van der Waals surface area contributed by atoms with Crippen molar-refractivity contribution in [1.82, 2.24) is 4.98 Å². The summed E-state index contributed by atoms with van der Waals surface area (Å²) in [6, 6.07) is 5.39. The van der Waals surface area contributed by atoms with Crippen LogP contribution in [0.15, 0.2) is 18.2 Å². The SMILES string of the molecule is CC(=O)SCC(O)C(O)c1ccc2[nH]c3c(c2c1)CCCC3=O. The number of nitrogens with one attached hydrogen (secondary N) is 1. The van der Waals surface area contributed by atoms with Gasteiger partial charge in [0.1, 0.15) is 6.10 Å². The minimum absolute atomic E-state index is 0.0927. The average Bonchev–Trinajstić information content (AvgIpc) is 2.91. The summed E-state index contributed by atoms with van der Waals surface area (Å²) in [7, 11) is 0. The number of carbonyl (C=O) groups is 2. The number of thioether (sulfide) groups is 1. The molecule has 122 valence electrons. The molecule has 1 aromatic heterocycles. The van der Waals surface area contributed by atoms with E-state index in [-0.39, 0.29) is 16.7 Å². The zero-order valence-electron chi connectivity index (χ0n) is 12.8. The van der Waals surface area contributed by atoms with Crippen LogP contribution in [0.1, 0.15) is 47.5 Å². The van der Waals surface area contributed by atoms with Gasteiger partial charge in [0.15, 0.2) is 10.9 Å². The van der Waals surface area contributed by atoms with E-state index in [9.17, 15) is 19.8 Å². The lowest BCUT2D eigenvalue weighted by Crippen LogP contribution is -2.21. The van der Waals surface area contributed by atoms with E-state index >= 15 is 0 Å². The lowest BCUT2D eigenvalue weighted by Gasteiger charge is -2.17. The van der Waals surface area contributed by atoms with E-state index in [1.54, 1.807) is 6.07 Å². The molecule has 0 saturated heterocycles. The minimum Gasteiger partial charge on any atom is -0.389 e. The maximum absolute atomic E-state index is 12.0. The maximum atomic E-state index is 12.0. The molecule has 1 aromatic carbocycles. The first-order valence-corrected chi connectivity index (χ1v) is 8.63. The zero-order chi connectivity index (χ0) is 16.6. The smallest absolute Gasteiger partial charge is 0.185 e. The number of H-pyrrole nitrogens is 1. The monoisotopic (exact) mass is 333 g/mol. The van der Waals surface area contributed by atoms with Crippen molar-refractivity contribution in [2.24, 2.45) is 0 Å². The summed E-state index contributed by atoms with van der Waals surface area (Å²) in [6.45, 7) is 1.43. The van der Waals surface area contributed by atoms with Gasteiger partial charge in [-0.1, -0.05) is 17.8 Å². The number of hydrogen-bond donors (Lipinski definition) is 3. The van der Waals surface area contributed by atoms with Gasteiger partial charge in [0.2, 0.25) is 0 Å². The molecule has 0 fully saturated rings. The Balaban J connectivity index is 1.90. The molecular weight excluding hydrogens is 314 g/mol. The Kier molecular flexibility index (Phi) is 4.57. The van der Waals surface area contributed by atoms with Gasteiger partial charge in [-0.05, 0) is 36.1 Å². The van der Waals surface area contributed by atoms with Gasteiger partial charge in [-0.2, -0.15) is 0 Å². The van der Waals surface area contributed by atoms with Crippen LogP contribution in [0.2, 0.25) is 0 Å². The Labute approximate surface area is 138 Å². The molecule has 6 heteroatoms. The van der Waals surface area contributed by atoms with E-state index in [2.05, 4.69) is 4.98 Å². The van der Waals surface area contributed by atoms with Crippen molar-refractivity contribution in [3.63, 3.8) is 0 Å². The molecule has 1 aliphatic carbocycles. The van der Waals surface area contributed by atoms with Gasteiger partial charge in [0.25, 0.3) is 0 Å². The molecule has 0 radical (unpaired) electrons. The predicted octanol–water partition coefficient (Wildman–Crippen LogP) is 2.36. The highest BCUT2D eigenvalue weighted by atomic mass is 32.2. The van der Waals surface area contributed by atoms with Crippen molar-refractivity contribution in [2.75, 3.05) is 5.75 Å². The highest BCUT2D eigenvalue weighted by molar-refractivity contribution is 8.13. The normalized spacial score (nSPS) is 17.1. The Morgan fingerprint density at radius 1 is 1.35 bits per heavy atom. The fourth-order valence-electron chi connectivity index (χ4n) is 3.01. The number of fused-ring (bicyclic) bond motifs is 3. The second-order valence-electron chi connectivity index (χ2n) is 5.88. The number of benzene rings is 1. The second kappa shape index (κ2) is 6.47. The number of aryl methyl sites for hydroxylation is 1. The molecule has 2 unspecified atom stereocenters. The van der Waals surface area contributed by atoms with Gasteiger partial charge >= 0.3 is 0 Å². The van der Waals surface area contributed by atoms with E-state index < -0.39 is 12.2 Å². The van der Waals surface area contributed by atoms with Crippen LogP contribution in [-0.2, 0) is 11.2 Å². The highest BCUT2D eigenvalue weighted by Gasteiger charge is 2.24. The first-order valence-electron chi connectivity index (χ1n) is 7.64. The van der Waals surface area contributed by atoms with Crippen molar-refractivity contribution in [3.05, 3.63) is 35.0 Å². The number of rotatable bonds is 4. The Hall–Kier alpha value is -1.63. The number of ketones is 1. The first kappa shape index (κ1) is 16.2. The lowest BCUT2D eigenvalue weighted by atomic mass is 9.93. The molecule has 3 rings (SSSR count). The van der Waals surface area contributed by atoms with Crippen molar-refractivity contribution in [3.8, 4) is 0 Å². The average molecular weight is 333 g/mol. The number of aliphatic hydroxyl groups excluding tert-OH is 2. The summed E-state index contributed by atoms with van der Waals surface area (Å²) >= 11 is 0.991. The number of hydrogen-bond acceptors (Lipinski definition) is 5. The van der Waals surface area contributed by atoms with Crippen LogP contribution in [0.5, 0.6) is 0 Å². The van der Waals surface area contributed by atoms with Gasteiger partial charge in [0.05, 0.1) is 11.8 Å². The minimum atomic E-state index is -1.06. The largest absolute Gasteiger partial charge is 0.389 e. The standard InChI is InChI=1S/C17H19NO4S/c1-9(19)23-8-15(21)17(22)10-5-6-13-12(7-10)11-3-2-4-14(20)16(11)18-13/h5-7,15,17-18,21-22H,2-4,8H2,1H3. The summed E-state index contributed by atoms with van der Waals surface area (Å²) in [5.41, 5.74) is 3.13. The Morgan fingerprint density at radius 3 is 2.87 bits per heavy atom. The fraction of sp³-hybridized carbons (Fsp3) is 0.412. The van der Waals surface area contributed by atoms with Crippen LogP contribution in [0.25, 0.3) is 10.9 Å². The van der Waals surface area contributed by atoms with Crippen LogP contribution in [-0.4, -0.2) is 38.0 Å². The van der Waals surface area contributed by atoms with Gasteiger partial charge in [0, 0.05) is 30.0 Å². The fourth-order valence-corrected chi connectivity index (χ4v) is 3.60. The molecule has 23 heavy (non-hydrogen) atoms. The summed E-state index contributed by atoms with van der Waals surface area (Å²) in [5, 5.41) is 21.2. The van der Waals surface area contributed by atoms with E-state index in [0.717, 1.165) is 41.1 Å². The predicted molar refractivity (Wildman–Crippen MR) is 89.7 cm³/mol. The third-order valence-corrected chi connectivity index (χ3v) is 5.12. The molecule has 3 N–H and O–H groups in total. The molecule has 0 bridgehead atoms. The topological polar surface area (TPSA) is 90.4 Å². The van der Waals surface area contributed by atoms with Gasteiger partial charge in [-0.25, -0.2) is 0 Å². The Bertz CT molecular complexity index is 767. The zero-order valence-corrected chi connectivity index (χ0v) is 13.7. The van der Waals surface area contributed by atoms with Gasteiger partial charge in [-0.3, -0.25) is 9.59 Å². The number of Topliss-reactive ketones (excluding diaryl/α,β-unsaturated/α-hetero) is 1. The number of aliphatic hydroxyl groups is 2. The molecule has 2 atom stereocenters. The number of aromatic amines is 1. The molecule has 1 heterocycles. The summed E-state index contributed by atoms with van der Waals surface area (Å²) in [6.07, 6.45) is 0.164. The summed E-state index contributed by atoms with van der Waals surface area (Å²) in [4.78, 5) is 26.1. The molecule has 2 aromatic rings. The molecule has 1 aliphatic rings. The third kappa shape index (κ3) is 3.20. The van der Waals surface area contributed by atoms with E-state index in [4.69, 9.17) is 0 Å². The molecule has 5 nitrogen and oxygen atoms in total. The Morgan fingerprint density at radius 2 is 2.13 bits per heavy atom. The van der Waals surface area contributed by atoms with E-state index in [1.807, 2.05) is 12.1 Å². The molecule has 0 saturated carbocycles. The van der Waals surface area contributed by atoms with Crippen molar-refractivity contribution < 1.29 is 19.8 Å². The molecule has 0 aliphatic heterocycles. The van der Waals surface area contributed by atoms with Crippen LogP contribution in [0, 0.1) is 0 Å². The highest BCUT2D eigenvalue weighted by Crippen LogP contribution is 2.31. The van der Waals surface area contributed by atoms with E-state index in [1.165, 1.54) is 6.92 Å². The lowest BCUT2D eigenvalue weighted by molar-refractivity contribution is -0.109. The summed E-state index contributed by atoms with van der Waals surface area (Å²) in [5.74, 6) is 0.278. The third-order valence-electron chi connectivity index (χ3n) is 4.20. The quantitative estimate of drug-likeness (QED) is 0.799. The van der Waals surface area contributed by atoms with Gasteiger partial charge < -0.3 is 15.2 Å². The van der Waals surface area contributed by atoms with Crippen molar-refractivity contribution >= 4 is 33.6 Å². The van der Waals surface area contributed by atoms with E-state index in [0.29, 0.717) is 17.7 Å². The molecular formula is C17H19NO4S. The maximum Gasteiger partial charge on any atom is 0.185 e. The summed E-state index contributed by atoms with van der Waals surface area (Å²) < 4.78 is 0. The van der Waals surface area contributed by atoms with Crippen LogP contribution >= 0.6 is 11.8 Å². The van der Waals surface area contributed by atoms with Crippen molar-refractivity contribution in [2.45, 2.75) is 38.4 Å². The number of aromatic nitrogens is 1. The van der Waals surface area contributed by atoms with Crippen molar-refractivity contribution in [1.29, 1.82) is 0 Å². The molecule has 0 spiro atoms. The van der Waals surface area contributed by atoms with Crippen LogP contribution in [0.3, 0.4) is 0 Å². The first-order chi connectivity index (χ1) is 11.0. The van der Waals surface area contributed by atoms with Crippen LogP contribution in [0.4, 0.5) is 0 Å². The van der Waals surface area contributed by atoms with Crippen LogP contribution < -0.4 is 0 Å². The molecule has 0 amide bonds. The van der Waals surface area contributed by atoms with Gasteiger partial charge in [-0.15, -0.1) is 0 Å².